The Morgan fingerprint density at radius 3 is 2.60 bits per heavy atom. The monoisotopic (exact) mass is 212 g/mol. The van der Waals surface area contributed by atoms with E-state index in [0.717, 1.165) is 19.4 Å². The van der Waals surface area contributed by atoms with Crippen molar-refractivity contribution >= 4 is 5.91 Å². The largest absolute Gasteiger partial charge is 0.338 e. The van der Waals surface area contributed by atoms with E-state index >= 15 is 0 Å². The van der Waals surface area contributed by atoms with Crippen LogP contribution in [0.2, 0.25) is 0 Å². The SMILES string of the molecule is CCCCCCC(=O)N(CCN)C1CC1. The molecule has 0 bridgehead atoms. The van der Waals surface area contributed by atoms with Crippen LogP contribution in [0, 0.1) is 0 Å². The van der Waals surface area contributed by atoms with Gasteiger partial charge in [-0.2, -0.15) is 0 Å². The second-order valence-electron chi connectivity index (χ2n) is 4.42. The summed E-state index contributed by atoms with van der Waals surface area (Å²) < 4.78 is 0. The lowest BCUT2D eigenvalue weighted by Crippen LogP contribution is -2.36. The van der Waals surface area contributed by atoms with E-state index in [0.29, 0.717) is 18.5 Å². The third-order valence-electron chi connectivity index (χ3n) is 2.92. The maximum absolute atomic E-state index is 11.8. The van der Waals surface area contributed by atoms with Gasteiger partial charge in [0.15, 0.2) is 0 Å². The van der Waals surface area contributed by atoms with Gasteiger partial charge in [-0.15, -0.1) is 0 Å². The molecule has 1 aliphatic carbocycles. The summed E-state index contributed by atoms with van der Waals surface area (Å²) in [5.74, 6) is 0.319. The Bertz CT molecular complexity index is 190. The maximum atomic E-state index is 11.8. The van der Waals surface area contributed by atoms with Gasteiger partial charge in [0.2, 0.25) is 5.91 Å². The Kier molecular flexibility index (Phi) is 5.69. The van der Waals surface area contributed by atoms with Gasteiger partial charge in [-0.1, -0.05) is 26.2 Å². The molecule has 3 heteroatoms. The minimum absolute atomic E-state index is 0.319. The first-order valence-corrected chi connectivity index (χ1v) is 6.29. The fourth-order valence-corrected chi connectivity index (χ4v) is 1.88. The molecule has 0 spiro atoms. The molecule has 3 nitrogen and oxygen atoms in total. The van der Waals surface area contributed by atoms with Crippen molar-refractivity contribution in [3.05, 3.63) is 0 Å². The molecule has 0 unspecified atom stereocenters. The Hall–Kier alpha value is -0.570. The van der Waals surface area contributed by atoms with E-state index in [1.54, 1.807) is 0 Å². The maximum Gasteiger partial charge on any atom is 0.222 e. The summed E-state index contributed by atoms with van der Waals surface area (Å²) in [6.07, 6.45) is 7.78. The zero-order valence-electron chi connectivity index (χ0n) is 9.87. The smallest absolute Gasteiger partial charge is 0.222 e. The zero-order chi connectivity index (χ0) is 11.1. The summed E-state index contributed by atoms with van der Waals surface area (Å²) in [6.45, 7) is 3.53. The van der Waals surface area contributed by atoms with Crippen LogP contribution < -0.4 is 5.73 Å². The minimum Gasteiger partial charge on any atom is -0.338 e. The first-order valence-electron chi connectivity index (χ1n) is 6.29. The third kappa shape index (κ3) is 4.65. The fraction of sp³-hybridized carbons (Fsp3) is 0.917. The van der Waals surface area contributed by atoms with Crippen LogP contribution in [0.5, 0.6) is 0 Å². The number of rotatable bonds is 8. The summed E-state index contributed by atoms with van der Waals surface area (Å²) in [5.41, 5.74) is 5.52. The normalized spacial score (nSPS) is 15.3. The summed E-state index contributed by atoms with van der Waals surface area (Å²) >= 11 is 0. The molecule has 0 atom stereocenters. The summed E-state index contributed by atoms with van der Waals surface area (Å²) in [6, 6.07) is 0.521. The van der Waals surface area contributed by atoms with E-state index < -0.39 is 0 Å². The van der Waals surface area contributed by atoms with Crippen LogP contribution in [0.1, 0.15) is 51.9 Å². The second kappa shape index (κ2) is 6.83. The molecule has 88 valence electrons. The highest BCUT2D eigenvalue weighted by Gasteiger charge is 2.31. The number of carbonyl (C=O) groups is 1. The summed E-state index contributed by atoms with van der Waals surface area (Å²) in [7, 11) is 0. The van der Waals surface area contributed by atoms with Gasteiger partial charge in [-0.05, 0) is 19.3 Å². The molecular formula is C12H24N2O. The van der Waals surface area contributed by atoms with Gasteiger partial charge in [-0.25, -0.2) is 0 Å². The Labute approximate surface area is 93.0 Å². The first-order chi connectivity index (χ1) is 7.29. The topological polar surface area (TPSA) is 46.3 Å². The van der Waals surface area contributed by atoms with Gasteiger partial charge >= 0.3 is 0 Å². The quantitative estimate of drug-likeness (QED) is 0.625. The fourth-order valence-electron chi connectivity index (χ4n) is 1.88. The van der Waals surface area contributed by atoms with Gasteiger partial charge in [0.1, 0.15) is 0 Å². The van der Waals surface area contributed by atoms with Crippen molar-refractivity contribution in [1.82, 2.24) is 4.90 Å². The lowest BCUT2D eigenvalue weighted by molar-refractivity contribution is -0.131. The van der Waals surface area contributed by atoms with Crippen molar-refractivity contribution in [3.63, 3.8) is 0 Å². The average molecular weight is 212 g/mol. The molecule has 15 heavy (non-hydrogen) atoms. The highest BCUT2D eigenvalue weighted by molar-refractivity contribution is 5.76. The van der Waals surface area contributed by atoms with Crippen LogP contribution in [0.25, 0.3) is 0 Å². The van der Waals surface area contributed by atoms with E-state index in [4.69, 9.17) is 5.73 Å². The van der Waals surface area contributed by atoms with E-state index in [-0.39, 0.29) is 0 Å². The number of carbonyl (C=O) groups excluding carboxylic acids is 1. The molecule has 0 aromatic carbocycles. The molecule has 1 amide bonds. The Morgan fingerprint density at radius 1 is 1.33 bits per heavy atom. The van der Waals surface area contributed by atoms with Crippen molar-refractivity contribution in [2.24, 2.45) is 5.73 Å². The van der Waals surface area contributed by atoms with Crippen LogP contribution in [0.4, 0.5) is 0 Å². The zero-order valence-corrected chi connectivity index (χ0v) is 9.87. The Balaban J connectivity index is 2.17. The molecule has 0 heterocycles. The van der Waals surface area contributed by atoms with Crippen LogP contribution in [-0.2, 0) is 4.79 Å². The van der Waals surface area contributed by atoms with Gasteiger partial charge in [0.05, 0.1) is 0 Å². The molecule has 0 radical (unpaired) electrons. The van der Waals surface area contributed by atoms with Gasteiger partial charge in [-0.3, -0.25) is 4.79 Å². The number of amides is 1. The predicted octanol–water partition coefficient (Wildman–Crippen LogP) is 1.91. The van der Waals surface area contributed by atoms with Crippen molar-refractivity contribution in [3.8, 4) is 0 Å². The molecule has 1 fully saturated rings. The molecule has 1 rings (SSSR count). The van der Waals surface area contributed by atoms with Crippen LogP contribution in [0.3, 0.4) is 0 Å². The van der Waals surface area contributed by atoms with E-state index in [2.05, 4.69) is 6.92 Å². The van der Waals surface area contributed by atoms with E-state index in [1.807, 2.05) is 4.90 Å². The molecule has 0 aliphatic heterocycles. The number of hydrogen-bond acceptors (Lipinski definition) is 2. The van der Waals surface area contributed by atoms with Gasteiger partial charge in [0, 0.05) is 25.6 Å². The second-order valence-corrected chi connectivity index (χ2v) is 4.42. The molecule has 0 aromatic heterocycles. The summed E-state index contributed by atoms with van der Waals surface area (Å²) in [4.78, 5) is 13.8. The van der Waals surface area contributed by atoms with Crippen LogP contribution in [-0.4, -0.2) is 29.9 Å². The molecule has 1 saturated carbocycles. The van der Waals surface area contributed by atoms with Gasteiger partial charge < -0.3 is 10.6 Å². The molecule has 0 aromatic rings. The van der Waals surface area contributed by atoms with E-state index in [1.165, 1.54) is 32.1 Å². The number of unbranched alkanes of at least 4 members (excludes halogenated alkanes) is 3. The minimum atomic E-state index is 0.319. The van der Waals surface area contributed by atoms with Crippen molar-refractivity contribution in [2.75, 3.05) is 13.1 Å². The highest BCUT2D eigenvalue weighted by atomic mass is 16.2. The lowest BCUT2D eigenvalue weighted by atomic mass is 10.1. The molecule has 0 saturated heterocycles. The Morgan fingerprint density at radius 2 is 2.07 bits per heavy atom. The van der Waals surface area contributed by atoms with Crippen molar-refractivity contribution in [2.45, 2.75) is 57.9 Å². The first kappa shape index (κ1) is 12.5. The van der Waals surface area contributed by atoms with Crippen LogP contribution >= 0.6 is 0 Å². The van der Waals surface area contributed by atoms with Crippen LogP contribution in [0.15, 0.2) is 0 Å². The van der Waals surface area contributed by atoms with Crippen molar-refractivity contribution in [1.29, 1.82) is 0 Å². The molecular weight excluding hydrogens is 188 g/mol. The van der Waals surface area contributed by atoms with Crippen molar-refractivity contribution < 1.29 is 4.79 Å². The average Bonchev–Trinajstić information content (AvgIpc) is 3.04. The van der Waals surface area contributed by atoms with E-state index in [9.17, 15) is 4.79 Å². The lowest BCUT2D eigenvalue weighted by Gasteiger charge is -2.21. The molecule has 2 N–H and O–H groups in total. The number of nitrogens with two attached hydrogens (primary N) is 1. The highest BCUT2D eigenvalue weighted by Crippen LogP contribution is 2.27. The summed E-state index contributed by atoms with van der Waals surface area (Å²) in [5, 5.41) is 0. The molecule has 1 aliphatic rings. The standard InChI is InChI=1S/C12H24N2O/c1-2-3-4-5-6-12(15)14(10-9-13)11-7-8-11/h11H,2-10,13H2,1H3. The van der Waals surface area contributed by atoms with Gasteiger partial charge in [0.25, 0.3) is 0 Å². The predicted molar refractivity (Wildman–Crippen MR) is 62.5 cm³/mol. The third-order valence-corrected chi connectivity index (χ3v) is 2.92. The number of nitrogens with zero attached hydrogens (tertiary/aromatic N) is 1. The number of hydrogen-bond donors (Lipinski definition) is 1.